The molecule has 58 valence electrons. The second-order valence-electron chi connectivity index (χ2n) is 3.11. The minimum atomic E-state index is -2.90. The van der Waals surface area contributed by atoms with Gasteiger partial charge in [-0.3, -0.25) is 0 Å². The van der Waals surface area contributed by atoms with Crippen molar-refractivity contribution >= 4 is 16.1 Å². The Balaban J connectivity index is 2.86. The minimum absolute atomic E-state index is 0.0312. The van der Waals surface area contributed by atoms with Crippen molar-refractivity contribution in [2.45, 2.75) is 13.3 Å². The zero-order chi connectivity index (χ0) is 7.83. The summed E-state index contributed by atoms with van der Waals surface area (Å²) in [5.74, 6) is 0.200. The van der Waals surface area contributed by atoms with Crippen LogP contribution in [-0.4, -0.2) is 26.2 Å². The third kappa shape index (κ3) is 1.37. The molecule has 0 radical (unpaired) electrons. The van der Waals surface area contributed by atoms with Crippen LogP contribution in [0.4, 0.5) is 0 Å². The second kappa shape index (κ2) is 2.05. The highest BCUT2D eigenvalue weighted by molar-refractivity contribution is 7.91. The highest BCUT2D eigenvalue weighted by Gasteiger charge is 2.37. The molecule has 1 aliphatic heterocycles. The van der Waals surface area contributed by atoms with E-state index in [9.17, 15) is 13.2 Å². The van der Waals surface area contributed by atoms with Crippen LogP contribution in [0.5, 0.6) is 0 Å². The molecule has 0 amide bonds. The van der Waals surface area contributed by atoms with Crippen LogP contribution in [0.2, 0.25) is 0 Å². The third-order valence-corrected chi connectivity index (χ3v) is 3.74. The van der Waals surface area contributed by atoms with E-state index in [1.807, 2.05) is 0 Å². The zero-order valence-electron chi connectivity index (χ0n) is 5.83. The Bertz CT molecular complexity index is 242. The average molecular weight is 162 g/mol. The molecule has 0 saturated carbocycles. The molecule has 10 heavy (non-hydrogen) atoms. The van der Waals surface area contributed by atoms with Gasteiger partial charge in [-0.1, -0.05) is 6.92 Å². The van der Waals surface area contributed by atoms with Gasteiger partial charge in [0.1, 0.15) is 6.29 Å². The summed E-state index contributed by atoms with van der Waals surface area (Å²) in [7, 11) is -2.90. The molecule has 1 aliphatic rings. The number of sulfone groups is 1. The average Bonchev–Trinajstić information content (AvgIpc) is 2.08. The summed E-state index contributed by atoms with van der Waals surface area (Å²) in [5.41, 5.74) is -0.598. The quantitative estimate of drug-likeness (QED) is 0.510. The van der Waals surface area contributed by atoms with E-state index in [1.165, 1.54) is 0 Å². The number of hydrogen-bond donors (Lipinski definition) is 0. The van der Waals surface area contributed by atoms with Gasteiger partial charge in [0.15, 0.2) is 9.84 Å². The Kier molecular flexibility index (Phi) is 1.58. The molecule has 1 atom stereocenters. The van der Waals surface area contributed by atoms with Gasteiger partial charge in [-0.2, -0.15) is 0 Å². The van der Waals surface area contributed by atoms with Crippen LogP contribution in [0.15, 0.2) is 0 Å². The molecule has 0 N–H and O–H groups in total. The Morgan fingerprint density at radius 2 is 2.10 bits per heavy atom. The fourth-order valence-electron chi connectivity index (χ4n) is 1.13. The number of rotatable bonds is 1. The number of hydrogen-bond acceptors (Lipinski definition) is 3. The van der Waals surface area contributed by atoms with Gasteiger partial charge < -0.3 is 4.79 Å². The highest BCUT2D eigenvalue weighted by atomic mass is 32.2. The van der Waals surface area contributed by atoms with E-state index in [4.69, 9.17) is 0 Å². The fraction of sp³-hybridized carbons (Fsp3) is 0.833. The normalized spacial score (nSPS) is 37.7. The van der Waals surface area contributed by atoms with Gasteiger partial charge in [-0.25, -0.2) is 8.42 Å². The Morgan fingerprint density at radius 3 is 2.30 bits per heavy atom. The molecule has 3 nitrogen and oxygen atoms in total. The van der Waals surface area contributed by atoms with Crippen molar-refractivity contribution in [3.05, 3.63) is 0 Å². The second-order valence-corrected chi connectivity index (χ2v) is 5.30. The summed E-state index contributed by atoms with van der Waals surface area (Å²) in [4.78, 5) is 10.4. The maximum atomic E-state index is 10.8. The van der Waals surface area contributed by atoms with E-state index in [0.29, 0.717) is 6.42 Å². The molecular weight excluding hydrogens is 152 g/mol. The molecular formula is C6H10O3S. The van der Waals surface area contributed by atoms with Gasteiger partial charge in [-0.15, -0.1) is 0 Å². The summed E-state index contributed by atoms with van der Waals surface area (Å²) in [6.07, 6.45) is 1.23. The van der Waals surface area contributed by atoms with Crippen molar-refractivity contribution in [1.29, 1.82) is 0 Å². The monoisotopic (exact) mass is 162 g/mol. The van der Waals surface area contributed by atoms with E-state index < -0.39 is 15.3 Å². The van der Waals surface area contributed by atoms with Crippen LogP contribution in [0.1, 0.15) is 13.3 Å². The van der Waals surface area contributed by atoms with Crippen LogP contribution in [-0.2, 0) is 14.6 Å². The molecule has 0 bridgehead atoms. The van der Waals surface area contributed by atoms with Crippen molar-refractivity contribution in [3.63, 3.8) is 0 Å². The van der Waals surface area contributed by atoms with Crippen molar-refractivity contribution in [2.24, 2.45) is 5.41 Å². The van der Waals surface area contributed by atoms with E-state index in [0.717, 1.165) is 6.29 Å². The molecule has 0 aliphatic carbocycles. The minimum Gasteiger partial charge on any atom is -0.303 e. The smallest absolute Gasteiger partial charge is 0.151 e. The maximum Gasteiger partial charge on any atom is 0.151 e. The topological polar surface area (TPSA) is 51.2 Å². The molecule has 1 saturated heterocycles. The van der Waals surface area contributed by atoms with Crippen LogP contribution in [0, 0.1) is 5.41 Å². The first-order chi connectivity index (χ1) is 4.47. The lowest BCUT2D eigenvalue weighted by molar-refractivity contribution is -0.114. The Labute approximate surface area is 60.3 Å². The lowest BCUT2D eigenvalue weighted by atomic mass is 9.93. The first-order valence-electron chi connectivity index (χ1n) is 3.14. The summed E-state index contributed by atoms with van der Waals surface area (Å²) < 4.78 is 21.7. The molecule has 4 heteroatoms. The van der Waals surface area contributed by atoms with Gasteiger partial charge in [0.2, 0.25) is 0 Å². The SMILES string of the molecule is CC1(C=O)CCS(=O)(=O)C1. The number of aldehydes is 1. The fourth-order valence-corrected chi connectivity index (χ4v) is 3.27. The Hall–Kier alpha value is -0.380. The number of carbonyl (C=O) groups is 1. The highest BCUT2D eigenvalue weighted by Crippen LogP contribution is 2.28. The molecule has 1 heterocycles. The largest absolute Gasteiger partial charge is 0.303 e. The van der Waals surface area contributed by atoms with Gasteiger partial charge in [0.25, 0.3) is 0 Å². The summed E-state index contributed by atoms with van der Waals surface area (Å²) in [6, 6.07) is 0. The summed E-state index contributed by atoms with van der Waals surface area (Å²) >= 11 is 0. The maximum absolute atomic E-state index is 10.8. The zero-order valence-corrected chi connectivity index (χ0v) is 6.65. The van der Waals surface area contributed by atoms with Crippen LogP contribution < -0.4 is 0 Å². The van der Waals surface area contributed by atoms with E-state index in [-0.39, 0.29) is 11.5 Å². The van der Waals surface area contributed by atoms with Crippen molar-refractivity contribution in [2.75, 3.05) is 11.5 Å². The third-order valence-electron chi connectivity index (χ3n) is 1.82. The van der Waals surface area contributed by atoms with Crippen molar-refractivity contribution in [1.82, 2.24) is 0 Å². The van der Waals surface area contributed by atoms with Gasteiger partial charge >= 0.3 is 0 Å². The molecule has 0 spiro atoms. The number of carbonyl (C=O) groups excluding carboxylic acids is 1. The van der Waals surface area contributed by atoms with Crippen LogP contribution in [0.3, 0.4) is 0 Å². The molecule has 1 fully saturated rings. The molecule has 0 aromatic heterocycles. The molecule has 1 unspecified atom stereocenters. The molecule has 0 aromatic carbocycles. The van der Waals surface area contributed by atoms with Gasteiger partial charge in [0, 0.05) is 5.41 Å². The van der Waals surface area contributed by atoms with Crippen molar-refractivity contribution < 1.29 is 13.2 Å². The lowest BCUT2D eigenvalue weighted by Crippen LogP contribution is -2.19. The molecule has 0 aromatic rings. The van der Waals surface area contributed by atoms with Gasteiger partial charge in [-0.05, 0) is 6.42 Å². The van der Waals surface area contributed by atoms with E-state index >= 15 is 0 Å². The van der Waals surface area contributed by atoms with Gasteiger partial charge in [0.05, 0.1) is 11.5 Å². The first-order valence-corrected chi connectivity index (χ1v) is 4.96. The standard InChI is InChI=1S/C6H10O3S/c1-6(4-7)2-3-10(8,9)5-6/h4H,2-3,5H2,1H3. The molecule has 1 rings (SSSR count). The van der Waals surface area contributed by atoms with Crippen molar-refractivity contribution in [3.8, 4) is 0 Å². The Morgan fingerprint density at radius 1 is 1.50 bits per heavy atom. The first kappa shape index (κ1) is 7.72. The summed E-state index contributed by atoms with van der Waals surface area (Å²) in [5, 5.41) is 0. The van der Waals surface area contributed by atoms with E-state index in [1.54, 1.807) is 6.92 Å². The summed E-state index contributed by atoms with van der Waals surface area (Å²) in [6.45, 7) is 1.69. The predicted molar refractivity (Wildman–Crippen MR) is 37.4 cm³/mol. The van der Waals surface area contributed by atoms with E-state index in [2.05, 4.69) is 0 Å². The van der Waals surface area contributed by atoms with Crippen LogP contribution in [0.25, 0.3) is 0 Å². The van der Waals surface area contributed by atoms with Crippen LogP contribution >= 0.6 is 0 Å². The lowest BCUT2D eigenvalue weighted by Gasteiger charge is -2.10. The predicted octanol–water partition coefficient (Wildman–Crippen LogP) is 0.0101.